The molecule has 1 heterocycles. The smallest absolute Gasteiger partial charge is 0.336 e. The Balaban J connectivity index is 1.76. The number of anilines is 1. The van der Waals surface area contributed by atoms with Crippen molar-refractivity contribution in [2.24, 2.45) is 5.73 Å². The fraction of sp³-hybridized carbons (Fsp3) is 0.348. The van der Waals surface area contributed by atoms with Crippen molar-refractivity contribution in [2.45, 2.75) is 12.6 Å². The third-order valence-corrected chi connectivity index (χ3v) is 5.91. The molecule has 1 fully saturated rings. The second-order valence-electron chi connectivity index (χ2n) is 8.21. The number of nitrogens with zero attached hydrogens (tertiary/aromatic N) is 4. The minimum atomic E-state index is -1.86. The molecule has 1 aliphatic heterocycles. The molecule has 0 spiro atoms. The Labute approximate surface area is 201 Å². The van der Waals surface area contributed by atoms with Crippen LogP contribution in [0.3, 0.4) is 0 Å². The van der Waals surface area contributed by atoms with Gasteiger partial charge in [0.05, 0.1) is 10.5 Å². The van der Waals surface area contributed by atoms with E-state index in [2.05, 4.69) is 21.9 Å². The Bertz CT molecular complexity index is 1070. The SMILES string of the molecule is NC(=O)C(C(=O)O)N(CCN1CCN(Cc2ccccc2)CC1)c1ccc(C(=O)O)cc1[N+](=O)[O-]. The van der Waals surface area contributed by atoms with Gasteiger partial charge in [0.1, 0.15) is 5.69 Å². The molecule has 0 bridgehead atoms. The van der Waals surface area contributed by atoms with Crippen molar-refractivity contribution in [3.8, 4) is 0 Å². The summed E-state index contributed by atoms with van der Waals surface area (Å²) in [5.41, 5.74) is 5.40. The predicted octanol–water partition coefficient (Wildman–Crippen LogP) is 0.856. The first kappa shape index (κ1) is 25.6. The molecule has 0 aromatic heterocycles. The van der Waals surface area contributed by atoms with Gasteiger partial charge in [-0.25, -0.2) is 9.59 Å². The Morgan fingerprint density at radius 3 is 2.20 bits per heavy atom. The molecule has 1 amide bonds. The van der Waals surface area contributed by atoms with E-state index in [1.165, 1.54) is 5.56 Å². The minimum absolute atomic E-state index is 0.0359. The average molecular weight is 485 g/mol. The summed E-state index contributed by atoms with van der Waals surface area (Å²) in [4.78, 5) is 51.4. The van der Waals surface area contributed by atoms with Gasteiger partial charge in [0.2, 0.25) is 6.04 Å². The molecule has 0 saturated carbocycles. The summed E-state index contributed by atoms with van der Waals surface area (Å²) in [7, 11) is 0. The maximum Gasteiger partial charge on any atom is 0.336 e. The van der Waals surface area contributed by atoms with Gasteiger partial charge in [-0.05, 0) is 17.7 Å². The van der Waals surface area contributed by atoms with E-state index >= 15 is 0 Å². The molecule has 2 aromatic rings. The largest absolute Gasteiger partial charge is 0.479 e. The third kappa shape index (κ3) is 6.52. The molecule has 12 nitrogen and oxygen atoms in total. The lowest BCUT2D eigenvalue weighted by Gasteiger charge is -2.37. The number of primary amides is 1. The number of nitro groups is 1. The molecule has 1 aliphatic rings. The molecule has 12 heteroatoms. The summed E-state index contributed by atoms with van der Waals surface area (Å²) in [5.74, 6) is -4.10. The summed E-state index contributed by atoms with van der Waals surface area (Å²) in [5, 5.41) is 30.5. The van der Waals surface area contributed by atoms with E-state index in [1.54, 1.807) is 0 Å². The molecule has 0 radical (unpaired) electrons. The lowest BCUT2D eigenvalue weighted by Crippen LogP contribution is -2.54. The molecular weight excluding hydrogens is 458 g/mol. The number of carbonyl (C=O) groups is 3. The minimum Gasteiger partial charge on any atom is -0.479 e. The molecule has 2 aromatic carbocycles. The van der Waals surface area contributed by atoms with E-state index in [4.69, 9.17) is 5.73 Å². The van der Waals surface area contributed by atoms with Crippen LogP contribution in [0.25, 0.3) is 0 Å². The van der Waals surface area contributed by atoms with Gasteiger partial charge in [-0.3, -0.25) is 24.7 Å². The number of aromatic carboxylic acids is 1. The second kappa shape index (κ2) is 11.4. The average Bonchev–Trinajstić information content (AvgIpc) is 2.82. The van der Waals surface area contributed by atoms with E-state index in [9.17, 15) is 34.7 Å². The fourth-order valence-electron chi connectivity index (χ4n) is 4.10. The number of amides is 1. The number of benzene rings is 2. The topological polar surface area (TPSA) is 171 Å². The molecule has 1 atom stereocenters. The van der Waals surface area contributed by atoms with Crippen molar-refractivity contribution in [1.82, 2.24) is 9.80 Å². The van der Waals surface area contributed by atoms with Crippen LogP contribution >= 0.6 is 0 Å². The van der Waals surface area contributed by atoms with Gasteiger partial charge < -0.3 is 20.8 Å². The van der Waals surface area contributed by atoms with Crippen molar-refractivity contribution in [3.05, 3.63) is 69.8 Å². The molecule has 0 aliphatic carbocycles. The highest BCUT2D eigenvalue weighted by Crippen LogP contribution is 2.31. The zero-order valence-corrected chi connectivity index (χ0v) is 18.9. The fourth-order valence-corrected chi connectivity index (χ4v) is 4.10. The van der Waals surface area contributed by atoms with E-state index in [0.29, 0.717) is 19.6 Å². The van der Waals surface area contributed by atoms with Crippen LogP contribution in [0.15, 0.2) is 48.5 Å². The summed E-state index contributed by atoms with van der Waals surface area (Å²) < 4.78 is 0. The van der Waals surface area contributed by atoms with Crippen molar-refractivity contribution in [2.75, 3.05) is 44.2 Å². The number of rotatable bonds is 11. The highest BCUT2D eigenvalue weighted by Gasteiger charge is 2.35. The Hall–Kier alpha value is -4.03. The van der Waals surface area contributed by atoms with Gasteiger partial charge in [-0.15, -0.1) is 0 Å². The van der Waals surface area contributed by atoms with E-state index in [-0.39, 0.29) is 17.8 Å². The zero-order valence-electron chi connectivity index (χ0n) is 18.9. The molecular formula is C23H27N5O7. The second-order valence-corrected chi connectivity index (χ2v) is 8.21. The summed E-state index contributed by atoms with van der Waals surface area (Å²) in [6.07, 6.45) is 0. The maximum atomic E-state index is 12.0. The highest BCUT2D eigenvalue weighted by atomic mass is 16.6. The van der Waals surface area contributed by atoms with Gasteiger partial charge in [0, 0.05) is 51.9 Å². The van der Waals surface area contributed by atoms with Crippen molar-refractivity contribution >= 4 is 29.2 Å². The van der Waals surface area contributed by atoms with Crippen LogP contribution in [0.1, 0.15) is 15.9 Å². The first-order valence-corrected chi connectivity index (χ1v) is 11.0. The van der Waals surface area contributed by atoms with Gasteiger partial charge >= 0.3 is 11.9 Å². The monoisotopic (exact) mass is 485 g/mol. The number of hydrogen-bond acceptors (Lipinski definition) is 8. The number of nitro benzene ring substituents is 1. The van der Waals surface area contributed by atoms with Gasteiger partial charge in [0.15, 0.2) is 0 Å². The van der Waals surface area contributed by atoms with Gasteiger partial charge in [-0.2, -0.15) is 0 Å². The van der Waals surface area contributed by atoms with Crippen LogP contribution in [0.4, 0.5) is 11.4 Å². The van der Waals surface area contributed by atoms with E-state index in [0.717, 1.165) is 42.7 Å². The summed E-state index contributed by atoms with van der Waals surface area (Å²) in [6.45, 7) is 4.04. The Kier molecular flexibility index (Phi) is 8.34. The predicted molar refractivity (Wildman–Crippen MR) is 126 cm³/mol. The van der Waals surface area contributed by atoms with Crippen LogP contribution in [0.2, 0.25) is 0 Å². The number of carboxylic acids is 2. The first-order chi connectivity index (χ1) is 16.7. The van der Waals surface area contributed by atoms with Gasteiger partial charge in [-0.1, -0.05) is 30.3 Å². The zero-order chi connectivity index (χ0) is 25.5. The van der Waals surface area contributed by atoms with E-state index < -0.39 is 34.5 Å². The lowest BCUT2D eigenvalue weighted by molar-refractivity contribution is -0.384. The van der Waals surface area contributed by atoms with Crippen LogP contribution in [-0.4, -0.2) is 88.1 Å². The number of nitrogens with two attached hydrogens (primary N) is 1. The Morgan fingerprint density at radius 1 is 1.03 bits per heavy atom. The normalized spacial score (nSPS) is 15.3. The van der Waals surface area contributed by atoms with Crippen molar-refractivity contribution < 1.29 is 29.5 Å². The maximum absolute atomic E-state index is 12.0. The molecule has 35 heavy (non-hydrogen) atoms. The highest BCUT2D eigenvalue weighted by molar-refractivity contribution is 6.04. The number of carbonyl (C=O) groups excluding carboxylic acids is 1. The molecule has 1 unspecified atom stereocenters. The summed E-state index contributed by atoms with van der Waals surface area (Å²) >= 11 is 0. The molecule has 186 valence electrons. The lowest BCUT2D eigenvalue weighted by atomic mass is 10.1. The Morgan fingerprint density at radius 2 is 1.66 bits per heavy atom. The number of piperazine rings is 1. The number of aliphatic carboxylic acids is 1. The first-order valence-electron chi connectivity index (χ1n) is 11.0. The molecule has 1 saturated heterocycles. The van der Waals surface area contributed by atoms with Crippen LogP contribution < -0.4 is 10.6 Å². The quantitative estimate of drug-likeness (QED) is 0.235. The number of carboxylic acid groups (broad SMARTS) is 2. The van der Waals surface area contributed by atoms with E-state index in [1.807, 2.05) is 18.2 Å². The summed E-state index contributed by atoms with van der Waals surface area (Å²) in [6, 6.07) is 11.3. The standard InChI is InChI=1S/C23H27N5O7/c24-21(29)20(23(32)33)27(18-7-6-17(22(30)31)14-19(18)28(34)35)13-12-25-8-10-26(11-9-25)15-16-4-2-1-3-5-16/h1-7,14,20H,8-13,15H2,(H2,24,29)(H,30,31)(H,32,33). The van der Waals surface area contributed by atoms with Crippen LogP contribution in [-0.2, 0) is 16.1 Å². The van der Waals surface area contributed by atoms with Crippen molar-refractivity contribution in [3.63, 3.8) is 0 Å². The van der Waals surface area contributed by atoms with Crippen molar-refractivity contribution in [1.29, 1.82) is 0 Å². The number of hydrogen-bond donors (Lipinski definition) is 3. The third-order valence-electron chi connectivity index (χ3n) is 5.91. The molecule has 3 rings (SSSR count). The van der Waals surface area contributed by atoms with Gasteiger partial charge in [0.25, 0.3) is 11.6 Å². The van der Waals surface area contributed by atoms with Crippen LogP contribution in [0, 0.1) is 10.1 Å². The molecule has 4 N–H and O–H groups in total. The van der Waals surface area contributed by atoms with Crippen LogP contribution in [0.5, 0.6) is 0 Å².